The molecule has 0 unspecified atom stereocenters. The molecule has 0 spiro atoms. The van der Waals surface area contributed by atoms with Gasteiger partial charge in [-0.3, -0.25) is 4.79 Å². The zero-order valence-corrected chi connectivity index (χ0v) is 10.8. The van der Waals surface area contributed by atoms with Crippen LogP contribution in [0.2, 0.25) is 5.02 Å². The van der Waals surface area contributed by atoms with E-state index >= 15 is 0 Å². The van der Waals surface area contributed by atoms with Crippen LogP contribution in [-0.4, -0.2) is 23.5 Å². The zero-order valence-electron chi connectivity index (χ0n) is 10.1. The molecule has 1 atom stereocenters. The van der Waals surface area contributed by atoms with Gasteiger partial charge in [-0.15, -0.1) is 0 Å². The Hall–Kier alpha value is -1.22. The summed E-state index contributed by atoms with van der Waals surface area (Å²) in [5, 5.41) is 0.672. The Morgan fingerprint density at radius 1 is 1.53 bits per heavy atom. The maximum atomic E-state index is 11.9. The quantitative estimate of drug-likeness (QED) is 0.811. The second-order valence-corrected chi connectivity index (χ2v) is 4.76. The Balaban J connectivity index is 2.31. The molecule has 92 valence electrons. The average molecular weight is 254 g/mol. The number of rotatable bonds is 2. The molecule has 0 bridgehead atoms. The van der Waals surface area contributed by atoms with Gasteiger partial charge in [0.25, 0.3) is 5.91 Å². The molecule has 4 heteroatoms. The summed E-state index contributed by atoms with van der Waals surface area (Å²) in [4.78, 5) is 13.8. The van der Waals surface area contributed by atoms with Gasteiger partial charge in [0.05, 0.1) is 0 Å². The van der Waals surface area contributed by atoms with Crippen LogP contribution in [0.15, 0.2) is 18.2 Å². The molecule has 1 aliphatic rings. The highest BCUT2D eigenvalue weighted by Crippen LogP contribution is 2.27. The molecule has 0 radical (unpaired) electrons. The van der Waals surface area contributed by atoms with Crippen molar-refractivity contribution < 1.29 is 9.53 Å². The largest absolute Gasteiger partial charge is 0.483 e. The van der Waals surface area contributed by atoms with Crippen molar-refractivity contribution in [2.75, 3.05) is 6.61 Å². The topological polar surface area (TPSA) is 29.5 Å². The van der Waals surface area contributed by atoms with Gasteiger partial charge in [-0.1, -0.05) is 18.5 Å². The van der Waals surface area contributed by atoms with Crippen molar-refractivity contribution >= 4 is 17.5 Å². The van der Waals surface area contributed by atoms with Crippen LogP contribution in [0.25, 0.3) is 0 Å². The summed E-state index contributed by atoms with van der Waals surface area (Å²) in [6.07, 6.45) is 0.932. The fourth-order valence-corrected chi connectivity index (χ4v) is 2.12. The number of fused-ring (bicyclic) bond motifs is 1. The lowest BCUT2D eigenvalue weighted by molar-refractivity contribution is -0.135. The van der Waals surface area contributed by atoms with Crippen molar-refractivity contribution in [1.29, 1.82) is 0 Å². The molecule has 0 aromatic heterocycles. The molecule has 1 heterocycles. The summed E-state index contributed by atoms with van der Waals surface area (Å²) < 4.78 is 5.49. The van der Waals surface area contributed by atoms with Gasteiger partial charge in [-0.25, -0.2) is 0 Å². The minimum atomic E-state index is 0.0340. The first-order valence-corrected chi connectivity index (χ1v) is 6.20. The number of nitrogens with zero attached hydrogens (tertiary/aromatic N) is 1. The lowest BCUT2D eigenvalue weighted by atomic mass is 10.1. The van der Waals surface area contributed by atoms with Gasteiger partial charge in [0.15, 0.2) is 6.61 Å². The number of carbonyl (C=O) groups is 1. The van der Waals surface area contributed by atoms with Crippen LogP contribution in [-0.2, 0) is 11.3 Å². The fraction of sp³-hybridized carbons (Fsp3) is 0.462. The summed E-state index contributed by atoms with van der Waals surface area (Å²) >= 11 is 5.97. The van der Waals surface area contributed by atoms with Crippen LogP contribution in [0.4, 0.5) is 0 Å². The molecule has 1 aromatic rings. The predicted molar refractivity (Wildman–Crippen MR) is 67.3 cm³/mol. The SMILES string of the molecule is CC[C@@H](C)N1Cc2cc(Cl)ccc2OCC1=O. The summed E-state index contributed by atoms with van der Waals surface area (Å²) in [7, 11) is 0. The third-order valence-electron chi connectivity index (χ3n) is 3.16. The number of carbonyl (C=O) groups excluding carboxylic acids is 1. The number of amides is 1. The van der Waals surface area contributed by atoms with Gasteiger partial charge in [-0.2, -0.15) is 0 Å². The normalized spacial score (nSPS) is 17.1. The summed E-state index contributed by atoms with van der Waals surface area (Å²) in [6, 6.07) is 5.69. The van der Waals surface area contributed by atoms with E-state index in [1.807, 2.05) is 24.0 Å². The first-order valence-electron chi connectivity index (χ1n) is 5.82. The van der Waals surface area contributed by atoms with E-state index in [1.54, 1.807) is 6.07 Å². The minimum absolute atomic E-state index is 0.0340. The fourth-order valence-electron chi connectivity index (χ4n) is 1.93. The molecule has 1 aliphatic heterocycles. The number of ether oxygens (including phenoxy) is 1. The van der Waals surface area contributed by atoms with E-state index in [2.05, 4.69) is 6.92 Å². The summed E-state index contributed by atoms with van der Waals surface area (Å²) in [5.41, 5.74) is 0.976. The molecule has 0 aliphatic carbocycles. The maximum Gasteiger partial charge on any atom is 0.261 e. The highest BCUT2D eigenvalue weighted by Gasteiger charge is 2.24. The molecule has 1 amide bonds. The molecule has 0 fully saturated rings. The van der Waals surface area contributed by atoms with E-state index in [0.29, 0.717) is 11.6 Å². The highest BCUT2D eigenvalue weighted by atomic mass is 35.5. The van der Waals surface area contributed by atoms with Crippen LogP contribution in [0.3, 0.4) is 0 Å². The molecule has 0 saturated carbocycles. The Labute approximate surface area is 106 Å². The number of benzene rings is 1. The molecule has 0 N–H and O–H groups in total. The van der Waals surface area contributed by atoms with Gasteiger partial charge >= 0.3 is 0 Å². The van der Waals surface area contributed by atoms with Crippen molar-refractivity contribution in [1.82, 2.24) is 4.90 Å². The van der Waals surface area contributed by atoms with Gasteiger partial charge in [-0.05, 0) is 31.5 Å². The van der Waals surface area contributed by atoms with E-state index in [0.717, 1.165) is 17.7 Å². The van der Waals surface area contributed by atoms with Gasteiger partial charge in [0.1, 0.15) is 5.75 Å². The molecule has 3 nitrogen and oxygen atoms in total. The van der Waals surface area contributed by atoms with Crippen molar-refractivity contribution in [2.24, 2.45) is 0 Å². The Morgan fingerprint density at radius 2 is 2.29 bits per heavy atom. The van der Waals surface area contributed by atoms with Crippen LogP contribution >= 0.6 is 11.6 Å². The first-order chi connectivity index (χ1) is 8.11. The minimum Gasteiger partial charge on any atom is -0.483 e. The first kappa shape index (κ1) is 12.2. The number of hydrogen-bond donors (Lipinski definition) is 0. The smallest absolute Gasteiger partial charge is 0.261 e. The third-order valence-corrected chi connectivity index (χ3v) is 3.39. The molecular formula is C13H16ClNO2. The van der Waals surface area contributed by atoms with Crippen LogP contribution in [0.1, 0.15) is 25.8 Å². The van der Waals surface area contributed by atoms with E-state index in [-0.39, 0.29) is 18.6 Å². The monoisotopic (exact) mass is 253 g/mol. The number of hydrogen-bond acceptors (Lipinski definition) is 2. The van der Waals surface area contributed by atoms with E-state index in [9.17, 15) is 4.79 Å². The zero-order chi connectivity index (χ0) is 12.4. The second-order valence-electron chi connectivity index (χ2n) is 4.32. The maximum absolute atomic E-state index is 11.9. The average Bonchev–Trinajstić information content (AvgIpc) is 2.48. The van der Waals surface area contributed by atoms with E-state index in [1.165, 1.54) is 0 Å². The molecular weight excluding hydrogens is 238 g/mol. The van der Waals surface area contributed by atoms with Crippen LogP contribution < -0.4 is 4.74 Å². The van der Waals surface area contributed by atoms with Crippen LogP contribution in [0, 0.1) is 0 Å². The molecule has 17 heavy (non-hydrogen) atoms. The van der Waals surface area contributed by atoms with E-state index < -0.39 is 0 Å². The van der Waals surface area contributed by atoms with Gasteiger partial charge in [0, 0.05) is 23.2 Å². The van der Waals surface area contributed by atoms with Crippen molar-refractivity contribution in [2.45, 2.75) is 32.9 Å². The third kappa shape index (κ3) is 2.55. The Bertz CT molecular complexity index is 433. The molecule has 0 saturated heterocycles. The molecule has 1 aromatic carbocycles. The van der Waals surface area contributed by atoms with Crippen LogP contribution in [0.5, 0.6) is 5.75 Å². The summed E-state index contributed by atoms with van der Waals surface area (Å²) in [6.45, 7) is 4.80. The van der Waals surface area contributed by atoms with Gasteiger partial charge in [0.2, 0.25) is 0 Å². The van der Waals surface area contributed by atoms with Crippen molar-refractivity contribution in [3.05, 3.63) is 28.8 Å². The predicted octanol–water partition coefficient (Wildman–Crippen LogP) is 2.86. The Morgan fingerprint density at radius 3 is 3.00 bits per heavy atom. The second kappa shape index (κ2) is 4.96. The highest BCUT2D eigenvalue weighted by molar-refractivity contribution is 6.30. The standard InChI is InChI=1S/C13H16ClNO2/c1-3-9(2)15-7-10-6-11(14)4-5-12(10)17-8-13(15)16/h4-6,9H,3,7-8H2,1-2H3/t9-/m1/s1. The lowest BCUT2D eigenvalue weighted by Crippen LogP contribution is -2.39. The lowest BCUT2D eigenvalue weighted by Gasteiger charge is -2.26. The van der Waals surface area contributed by atoms with Gasteiger partial charge < -0.3 is 9.64 Å². The Kier molecular flexibility index (Phi) is 3.57. The van der Waals surface area contributed by atoms with Crippen molar-refractivity contribution in [3.8, 4) is 5.75 Å². The number of halogens is 1. The molecule has 2 rings (SSSR count). The van der Waals surface area contributed by atoms with E-state index in [4.69, 9.17) is 16.3 Å². The van der Waals surface area contributed by atoms with Crippen molar-refractivity contribution in [3.63, 3.8) is 0 Å². The summed E-state index contributed by atoms with van der Waals surface area (Å²) in [5.74, 6) is 0.792.